The van der Waals surface area contributed by atoms with Crippen molar-refractivity contribution in [1.82, 2.24) is 15.1 Å². The van der Waals surface area contributed by atoms with E-state index in [4.69, 9.17) is 0 Å². The number of carbonyl (C=O) groups excluding carboxylic acids is 1. The summed E-state index contributed by atoms with van der Waals surface area (Å²) in [6.45, 7) is 6.81. The maximum absolute atomic E-state index is 11.4. The molecule has 0 radical (unpaired) electrons. The molecule has 0 aromatic carbocycles. The minimum absolute atomic E-state index is 0.224. The zero-order valence-corrected chi connectivity index (χ0v) is 12.5. The molecule has 0 unspecified atom stereocenters. The summed E-state index contributed by atoms with van der Waals surface area (Å²) in [6.07, 6.45) is 4.13. The Bertz CT molecular complexity index is 258. The van der Waals surface area contributed by atoms with Gasteiger partial charge in [0.05, 0.1) is 0 Å². The first-order valence-corrected chi connectivity index (χ1v) is 7.02. The summed E-state index contributed by atoms with van der Waals surface area (Å²) in [7, 11) is 5.82. The van der Waals surface area contributed by atoms with Gasteiger partial charge in [-0.15, -0.1) is 0 Å². The van der Waals surface area contributed by atoms with Gasteiger partial charge in [-0.05, 0) is 51.4 Å². The van der Waals surface area contributed by atoms with Gasteiger partial charge in [0.1, 0.15) is 0 Å². The van der Waals surface area contributed by atoms with Gasteiger partial charge >= 0.3 is 0 Å². The zero-order chi connectivity index (χ0) is 13.6. The summed E-state index contributed by atoms with van der Waals surface area (Å²) in [6, 6.07) is 0. The van der Waals surface area contributed by atoms with Crippen molar-refractivity contribution in [2.75, 3.05) is 47.3 Å². The van der Waals surface area contributed by atoms with Gasteiger partial charge in [-0.25, -0.2) is 0 Å². The van der Waals surface area contributed by atoms with Crippen LogP contribution in [0.1, 0.15) is 32.6 Å². The van der Waals surface area contributed by atoms with E-state index in [-0.39, 0.29) is 5.91 Å². The van der Waals surface area contributed by atoms with E-state index in [9.17, 15) is 4.79 Å². The molecule has 0 bridgehead atoms. The number of piperidine rings is 1. The maximum Gasteiger partial charge on any atom is 0.222 e. The highest BCUT2D eigenvalue weighted by Crippen LogP contribution is 2.29. The number of amides is 1. The van der Waals surface area contributed by atoms with Crippen molar-refractivity contribution in [3.05, 3.63) is 0 Å². The van der Waals surface area contributed by atoms with Crippen LogP contribution in [0.2, 0.25) is 0 Å². The average Bonchev–Trinajstić information content (AvgIpc) is 2.32. The van der Waals surface area contributed by atoms with E-state index in [2.05, 4.69) is 24.2 Å². The predicted octanol–water partition coefficient (Wildman–Crippen LogP) is 1.18. The van der Waals surface area contributed by atoms with Crippen LogP contribution in [-0.2, 0) is 4.79 Å². The van der Waals surface area contributed by atoms with Gasteiger partial charge in [0.25, 0.3) is 0 Å². The molecule has 0 aliphatic carbocycles. The monoisotopic (exact) mass is 255 g/mol. The normalized spacial score (nSPS) is 19.8. The SMILES string of the molecule is CN1CCC(C)(CNCCCC(=O)N(C)C)CC1. The largest absolute Gasteiger partial charge is 0.349 e. The number of likely N-dealkylation sites (tertiary alicyclic amines) is 1. The summed E-state index contributed by atoms with van der Waals surface area (Å²) in [5, 5.41) is 3.52. The molecule has 1 fully saturated rings. The number of rotatable bonds is 6. The molecule has 0 atom stereocenters. The summed E-state index contributed by atoms with van der Waals surface area (Å²) >= 11 is 0. The molecule has 1 aliphatic heterocycles. The number of hydrogen-bond acceptors (Lipinski definition) is 3. The molecule has 1 saturated heterocycles. The summed E-state index contributed by atoms with van der Waals surface area (Å²) in [5.74, 6) is 0.224. The van der Waals surface area contributed by atoms with E-state index in [1.165, 1.54) is 25.9 Å². The van der Waals surface area contributed by atoms with Crippen molar-refractivity contribution >= 4 is 5.91 Å². The maximum atomic E-state index is 11.4. The van der Waals surface area contributed by atoms with E-state index in [0.29, 0.717) is 11.8 Å². The van der Waals surface area contributed by atoms with Crippen LogP contribution >= 0.6 is 0 Å². The molecular formula is C14H29N3O. The molecule has 1 amide bonds. The second-order valence-corrected chi connectivity index (χ2v) is 6.18. The van der Waals surface area contributed by atoms with Crippen LogP contribution in [0, 0.1) is 5.41 Å². The first-order chi connectivity index (χ1) is 8.43. The van der Waals surface area contributed by atoms with E-state index in [1.54, 1.807) is 4.90 Å². The highest BCUT2D eigenvalue weighted by molar-refractivity contribution is 5.75. The van der Waals surface area contributed by atoms with Crippen molar-refractivity contribution in [3.63, 3.8) is 0 Å². The van der Waals surface area contributed by atoms with Gasteiger partial charge in [0.2, 0.25) is 5.91 Å². The standard InChI is InChI=1S/C14H29N3O/c1-14(7-10-17(4)11-8-14)12-15-9-5-6-13(18)16(2)3/h15H,5-12H2,1-4H3. The molecule has 106 valence electrons. The third-order valence-corrected chi connectivity index (χ3v) is 3.99. The second kappa shape index (κ2) is 7.10. The molecule has 0 saturated carbocycles. The predicted molar refractivity (Wildman–Crippen MR) is 75.6 cm³/mol. The van der Waals surface area contributed by atoms with Gasteiger partial charge in [-0.2, -0.15) is 0 Å². The molecule has 0 aromatic rings. The fourth-order valence-electron chi connectivity index (χ4n) is 2.31. The molecule has 4 heteroatoms. The van der Waals surface area contributed by atoms with E-state index in [0.717, 1.165) is 19.5 Å². The lowest BCUT2D eigenvalue weighted by atomic mass is 9.80. The Balaban J connectivity index is 2.09. The lowest BCUT2D eigenvalue weighted by molar-refractivity contribution is -0.128. The minimum Gasteiger partial charge on any atom is -0.349 e. The van der Waals surface area contributed by atoms with Gasteiger partial charge in [-0.1, -0.05) is 6.92 Å². The molecule has 1 aliphatic rings. The van der Waals surface area contributed by atoms with Crippen molar-refractivity contribution in [1.29, 1.82) is 0 Å². The smallest absolute Gasteiger partial charge is 0.222 e. The molecule has 0 spiro atoms. The van der Waals surface area contributed by atoms with Crippen molar-refractivity contribution in [3.8, 4) is 0 Å². The lowest BCUT2D eigenvalue weighted by Gasteiger charge is -2.38. The van der Waals surface area contributed by atoms with Crippen LogP contribution in [0.5, 0.6) is 0 Å². The quantitative estimate of drug-likeness (QED) is 0.724. The minimum atomic E-state index is 0.224. The van der Waals surface area contributed by atoms with Gasteiger partial charge < -0.3 is 15.1 Å². The molecular weight excluding hydrogens is 226 g/mol. The summed E-state index contributed by atoms with van der Waals surface area (Å²) in [5.41, 5.74) is 0.443. The lowest BCUT2D eigenvalue weighted by Crippen LogP contribution is -2.42. The van der Waals surface area contributed by atoms with Crippen LogP contribution in [0.15, 0.2) is 0 Å². The fourth-order valence-corrected chi connectivity index (χ4v) is 2.31. The third kappa shape index (κ3) is 5.36. The molecule has 0 aromatic heterocycles. The Morgan fingerprint density at radius 2 is 1.94 bits per heavy atom. The van der Waals surface area contributed by atoms with Crippen molar-refractivity contribution < 1.29 is 4.79 Å². The number of nitrogens with one attached hydrogen (secondary N) is 1. The van der Waals surface area contributed by atoms with E-state index in [1.807, 2.05) is 14.1 Å². The van der Waals surface area contributed by atoms with E-state index < -0.39 is 0 Å². The van der Waals surface area contributed by atoms with Gasteiger partial charge in [-0.3, -0.25) is 4.79 Å². The van der Waals surface area contributed by atoms with Crippen molar-refractivity contribution in [2.45, 2.75) is 32.6 Å². The highest BCUT2D eigenvalue weighted by atomic mass is 16.2. The Morgan fingerprint density at radius 3 is 2.50 bits per heavy atom. The average molecular weight is 255 g/mol. The van der Waals surface area contributed by atoms with Gasteiger partial charge in [0.15, 0.2) is 0 Å². The Morgan fingerprint density at radius 1 is 1.33 bits per heavy atom. The fraction of sp³-hybridized carbons (Fsp3) is 0.929. The summed E-state index contributed by atoms with van der Waals surface area (Å²) < 4.78 is 0. The summed E-state index contributed by atoms with van der Waals surface area (Å²) in [4.78, 5) is 15.5. The number of hydrogen-bond donors (Lipinski definition) is 1. The van der Waals surface area contributed by atoms with Crippen LogP contribution in [0.3, 0.4) is 0 Å². The van der Waals surface area contributed by atoms with Crippen molar-refractivity contribution in [2.24, 2.45) is 5.41 Å². The third-order valence-electron chi connectivity index (χ3n) is 3.99. The Kier molecular flexibility index (Phi) is 6.09. The van der Waals surface area contributed by atoms with Crippen LogP contribution in [0.25, 0.3) is 0 Å². The van der Waals surface area contributed by atoms with Crippen LogP contribution in [-0.4, -0.2) is 63.0 Å². The van der Waals surface area contributed by atoms with Gasteiger partial charge in [0, 0.05) is 27.1 Å². The van der Waals surface area contributed by atoms with Crippen LogP contribution < -0.4 is 5.32 Å². The zero-order valence-electron chi connectivity index (χ0n) is 12.5. The first kappa shape index (κ1) is 15.4. The number of carbonyl (C=O) groups is 1. The second-order valence-electron chi connectivity index (χ2n) is 6.18. The highest BCUT2D eigenvalue weighted by Gasteiger charge is 2.28. The number of nitrogens with zero attached hydrogens (tertiary/aromatic N) is 2. The topological polar surface area (TPSA) is 35.6 Å². The van der Waals surface area contributed by atoms with E-state index >= 15 is 0 Å². The molecule has 1 N–H and O–H groups in total. The first-order valence-electron chi connectivity index (χ1n) is 7.02. The van der Waals surface area contributed by atoms with Crippen LogP contribution in [0.4, 0.5) is 0 Å². The molecule has 1 heterocycles. The molecule has 18 heavy (non-hydrogen) atoms. The Labute approximate surface area is 112 Å². The molecule has 1 rings (SSSR count). The molecule has 4 nitrogen and oxygen atoms in total. The Hall–Kier alpha value is -0.610.